The summed E-state index contributed by atoms with van der Waals surface area (Å²) in [6.07, 6.45) is 1.50. The van der Waals surface area contributed by atoms with Crippen molar-refractivity contribution in [3.05, 3.63) is 11.1 Å². The molecule has 0 aliphatic carbocycles. The van der Waals surface area contributed by atoms with E-state index in [0.717, 1.165) is 6.29 Å². The molecule has 2 atom stereocenters. The van der Waals surface area contributed by atoms with Crippen LogP contribution >= 0.6 is 0 Å². The normalized spacial score (nSPS) is 24.0. The largest absolute Gasteiger partial charge is 0.377 e. The number of carbonyl (C=O) groups excluding carboxylic acids is 1. The van der Waals surface area contributed by atoms with Crippen molar-refractivity contribution in [3.8, 4) is 0 Å². The van der Waals surface area contributed by atoms with Crippen LogP contribution in [0.5, 0.6) is 0 Å². The predicted molar refractivity (Wildman–Crippen MR) is 51.1 cm³/mol. The lowest BCUT2D eigenvalue weighted by molar-refractivity contribution is -0.110. The van der Waals surface area contributed by atoms with Crippen molar-refractivity contribution < 1.29 is 10.0 Å². The van der Waals surface area contributed by atoms with E-state index in [2.05, 4.69) is 9.52 Å². The first-order chi connectivity index (χ1) is 6.22. The van der Waals surface area contributed by atoms with Crippen LogP contribution in [-0.2, 0) is 15.5 Å². The first-order valence-corrected chi connectivity index (χ1v) is 5.06. The zero-order valence-electron chi connectivity index (χ0n) is 7.17. The molecule has 0 fully saturated rings. The third-order valence-corrected chi connectivity index (χ3v) is 2.92. The van der Waals surface area contributed by atoms with Crippen LogP contribution in [0.3, 0.4) is 0 Å². The molecule has 0 aromatic carbocycles. The number of carbonyl (C=O) groups is 1. The molecule has 13 heavy (non-hydrogen) atoms. The Morgan fingerprint density at radius 1 is 1.92 bits per heavy atom. The van der Waals surface area contributed by atoms with E-state index in [0.29, 0.717) is 12.1 Å². The maximum absolute atomic E-state index is 10.6. The topological polar surface area (TPSA) is 88.0 Å². The predicted octanol–water partition coefficient (Wildman–Crippen LogP) is 0.572. The lowest BCUT2D eigenvalue weighted by Gasteiger charge is -2.02. The number of rotatable bonds is 3. The van der Waals surface area contributed by atoms with Gasteiger partial charge in [-0.25, -0.2) is 4.99 Å². The third-order valence-electron chi connectivity index (χ3n) is 1.76. The Bertz CT molecular complexity index is 309. The Hall–Kier alpha value is -1.01. The maximum atomic E-state index is 10.6. The molecule has 1 aliphatic rings. The standard InChI is InChI=1S/C7H11N3O2S/c1-2-5(3-11)6-4-13(10-12)7(8)9-6/h3-5,12H,2H2,1H3,(H2,8,9). The van der Waals surface area contributed by atoms with Crippen molar-refractivity contribution in [2.45, 2.75) is 13.3 Å². The molecule has 0 aromatic heterocycles. The Balaban J connectivity index is 2.91. The van der Waals surface area contributed by atoms with E-state index < -0.39 is 10.7 Å². The lowest BCUT2D eigenvalue weighted by atomic mass is 10.1. The number of amidine groups is 1. The fraction of sp³-hybridized carbons (Fsp3) is 0.429. The van der Waals surface area contributed by atoms with E-state index in [1.54, 1.807) is 5.41 Å². The minimum Gasteiger partial charge on any atom is -0.377 e. The molecule has 0 aromatic rings. The minimum absolute atomic E-state index is 0.238. The van der Waals surface area contributed by atoms with E-state index in [-0.39, 0.29) is 11.1 Å². The van der Waals surface area contributed by atoms with Crippen molar-refractivity contribution in [2.75, 3.05) is 0 Å². The van der Waals surface area contributed by atoms with Gasteiger partial charge in [0.15, 0.2) is 5.17 Å². The number of aliphatic imine (C=N–C) groups is 1. The fourth-order valence-corrected chi connectivity index (χ4v) is 1.89. The number of aldehydes is 1. The molecular formula is C7H11N3O2S. The summed E-state index contributed by atoms with van der Waals surface area (Å²) in [4.78, 5) is 14.5. The molecule has 3 N–H and O–H groups in total. The van der Waals surface area contributed by atoms with Gasteiger partial charge in [0.05, 0.1) is 11.6 Å². The first kappa shape index (κ1) is 10.1. The molecule has 0 saturated heterocycles. The summed E-state index contributed by atoms with van der Waals surface area (Å²) in [5.41, 5.74) is 6.08. The molecule has 0 spiro atoms. The number of nitrogens with zero attached hydrogens (tertiary/aromatic N) is 2. The van der Waals surface area contributed by atoms with Gasteiger partial charge in [0.25, 0.3) is 0 Å². The van der Waals surface area contributed by atoms with Crippen LogP contribution in [0, 0.1) is 5.92 Å². The summed E-state index contributed by atoms with van der Waals surface area (Å²) in [6, 6.07) is 0. The Kier molecular flexibility index (Phi) is 3.32. The van der Waals surface area contributed by atoms with E-state index in [4.69, 9.17) is 10.9 Å². The third kappa shape index (κ3) is 2.02. The average Bonchev–Trinajstić information content (AvgIpc) is 2.49. The molecule has 5 nitrogen and oxygen atoms in total. The summed E-state index contributed by atoms with van der Waals surface area (Å²) in [5, 5.41) is 10.4. The highest BCUT2D eigenvalue weighted by molar-refractivity contribution is 8.05. The van der Waals surface area contributed by atoms with Crippen molar-refractivity contribution >= 4 is 22.1 Å². The Labute approximate surface area is 78.4 Å². The van der Waals surface area contributed by atoms with E-state index in [1.807, 2.05) is 6.92 Å². The molecule has 2 unspecified atom stereocenters. The van der Waals surface area contributed by atoms with Gasteiger partial charge in [0.1, 0.15) is 6.29 Å². The van der Waals surface area contributed by atoms with Gasteiger partial charge in [-0.15, -0.1) is 4.53 Å². The molecule has 1 aliphatic heterocycles. The summed E-state index contributed by atoms with van der Waals surface area (Å²) in [7, 11) is -0.845. The molecule has 6 heteroatoms. The van der Waals surface area contributed by atoms with Crippen LogP contribution in [0.25, 0.3) is 0 Å². The van der Waals surface area contributed by atoms with Crippen molar-refractivity contribution in [1.82, 2.24) is 0 Å². The highest BCUT2D eigenvalue weighted by Gasteiger charge is 2.18. The van der Waals surface area contributed by atoms with Crippen LogP contribution in [0.1, 0.15) is 13.3 Å². The van der Waals surface area contributed by atoms with Gasteiger partial charge in [-0.2, -0.15) is 0 Å². The molecule has 0 radical (unpaired) electrons. The van der Waals surface area contributed by atoms with Crippen LogP contribution in [0.2, 0.25) is 0 Å². The SMILES string of the molecule is CCC(C=O)C1=CS(=NO)C(N)=N1. The molecule has 0 bridgehead atoms. The molecule has 0 saturated carbocycles. The molecule has 1 heterocycles. The average molecular weight is 201 g/mol. The number of allylic oxidation sites excluding steroid dienone is 1. The Morgan fingerprint density at radius 2 is 2.62 bits per heavy atom. The number of nitrogens with two attached hydrogens (primary N) is 1. The zero-order valence-corrected chi connectivity index (χ0v) is 7.99. The van der Waals surface area contributed by atoms with Crippen molar-refractivity contribution in [1.29, 1.82) is 0 Å². The first-order valence-electron chi connectivity index (χ1n) is 3.82. The number of hydrogen-bond donors (Lipinski definition) is 2. The molecule has 72 valence electrons. The molecule has 1 rings (SSSR count). The van der Waals surface area contributed by atoms with E-state index in [9.17, 15) is 4.79 Å². The van der Waals surface area contributed by atoms with E-state index >= 15 is 0 Å². The van der Waals surface area contributed by atoms with Gasteiger partial charge in [-0.3, -0.25) is 5.21 Å². The van der Waals surface area contributed by atoms with Gasteiger partial charge >= 0.3 is 0 Å². The quantitative estimate of drug-likeness (QED) is 0.517. The smallest absolute Gasteiger partial charge is 0.176 e. The summed E-state index contributed by atoms with van der Waals surface area (Å²) >= 11 is 0. The van der Waals surface area contributed by atoms with Gasteiger partial charge < -0.3 is 10.5 Å². The molecular weight excluding hydrogens is 190 g/mol. The van der Waals surface area contributed by atoms with Gasteiger partial charge in [0, 0.05) is 16.1 Å². The summed E-state index contributed by atoms with van der Waals surface area (Å²) in [5.74, 6) is -0.238. The highest BCUT2D eigenvalue weighted by atomic mass is 32.2. The second kappa shape index (κ2) is 4.29. The van der Waals surface area contributed by atoms with Crippen LogP contribution in [0.4, 0.5) is 0 Å². The second-order valence-corrected chi connectivity index (χ2v) is 3.99. The lowest BCUT2D eigenvalue weighted by Crippen LogP contribution is -2.12. The Morgan fingerprint density at radius 3 is 3.00 bits per heavy atom. The van der Waals surface area contributed by atoms with Crippen LogP contribution in [0.15, 0.2) is 20.6 Å². The second-order valence-electron chi connectivity index (χ2n) is 2.54. The van der Waals surface area contributed by atoms with Crippen LogP contribution < -0.4 is 5.73 Å². The molecule has 0 amide bonds. The summed E-state index contributed by atoms with van der Waals surface area (Å²) < 4.78 is 3.05. The van der Waals surface area contributed by atoms with Crippen LogP contribution in [-0.4, -0.2) is 16.7 Å². The van der Waals surface area contributed by atoms with Gasteiger partial charge in [0.2, 0.25) is 0 Å². The van der Waals surface area contributed by atoms with Crippen molar-refractivity contribution in [2.24, 2.45) is 21.2 Å². The zero-order chi connectivity index (χ0) is 9.84. The van der Waals surface area contributed by atoms with E-state index in [1.165, 1.54) is 0 Å². The number of hydrogen-bond acceptors (Lipinski definition) is 4. The maximum Gasteiger partial charge on any atom is 0.176 e. The monoisotopic (exact) mass is 201 g/mol. The highest BCUT2D eigenvalue weighted by Crippen LogP contribution is 2.20. The fourth-order valence-electron chi connectivity index (χ4n) is 0.986. The van der Waals surface area contributed by atoms with Gasteiger partial charge in [-0.05, 0) is 6.42 Å². The minimum atomic E-state index is -0.845. The van der Waals surface area contributed by atoms with Gasteiger partial charge in [-0.1, -0.05) is 6.92 Å². The summed E-state index contributed by atoms with van der Waals surface area (Å²) in [6.45, 7) is 1.89. The van der Waals surface area contributed by atoms with Crippen molar-refractivity contribution in [3.63, 3.8) is 0 Å².